The standard InChI is InChI=1S/C19H32N2O4S/c1-14(2)8-13-17(19(3,4)5)20-18(22)15-9-11-16(12-10-15)26(23,24)21(6)25-7/h9-12,14,17H,8,13H2,1-7H3,(H,20,22). The summed E-state index contributed by atoms with van der Waals surface area (Å²) in [7, 11) is -1.12. The van der Waals surface area contributed by atoms with Gasteiger partial charge in [-0.1, -0.05) is 39.1 Å². The van der Waals surface area contributed by atoms with Gasteiger partial charge in [0.2, 0.25) is 0 Å². The Bertz CT molecular complexity index is 691. The number of benzene rings is 1. The van der Waals surface area contributed by atoms with Gasteiger partial charge in [-0.25, -0.2) is 8.42 Å². The van der Waals surface area contributed by atoms with Crippen molar-refractivity contribution in [3.8, 4) is 0 Å². The molecule has 0 aliphatic carbocycles. The molecule has 0 aliphatic rings. The minimum Gasteiger partial charge on any atom is -0.349 e. The Morgan fingerprint density at radius 2 is 1.69 bits per heavy atom. The Morgan fingerprint density at radius 1 is 1.15 bits per heavy atom. The zero-order chi connectivity index (χ0) is 20.1. The van der Waals surface area contributed by atoms with Crippen molar-refractivity contribution in [1.82, 2.24) is 9.79 Å². The lowest BCUT2D eigenvalue weighted by Gasteiger charge is -2.32. The van der Waals surface area contributed by atoms with Gasteiger partial charge in [0, 0.05) is 18.7 Å². The first-order chi connectivity index (χ1) is 11.9. The largest absolute Gasteiger partial charge is 0.349 e. The van der Waals surface area contributed by atoms with Gasteiger partial charge in [0.15, 0.2) is 0 Å². The lowest BCUT2D eigenvalue weighted by atomic mass is 9.82. The summed E-state index contributed by atoms with van der Waals surface area (Å²) in [5, 5.41) is 3.10. The van der Waals surface area contributed by atoms with Crippen LogP contribution in [0.3, 0.4) is 0 Å². The second kappa shape index (κ2) is 8.97. The van der Waals surface area contributed by atoms with E-state index in [9.17, 15) is 13.2 Å². The Hall–Kier alpha value is -1.44. The highest BCUT2D eigenvalue weighted by atomic mass is 32.2. The van der Waals surface area contributed by atoms with Crippen LogP contribution in [0.4, 0.5) is 0 Å². The highest BCUT2D eigenvalue weighted by molar-refractivity contribution is 7.89. The summed E-state index contributed by atoms with van der Waals surface area (Å²) >= 11 is 0. The highest BCUT2D eigenvalue weighted by Gasteiger charge is 2.27. The molecule has 0 bridgehead atoms. The molecule has 1 aromatic rings. The zero-order valence-electron chi connectivity index (χ0n) is 16.9. The Kier molecular flexibility index (Phi) is 7.80. The fourth-order valence-corrected chi connectivity index (χ4v) is 3.46. The number of carbonyl (C=O) groups is 1. The molecule has 0 heterocycles. The molecule has 1 rings (SSSR count). The van der Waals surface area contributed by atoms with E-state index in [1.54, 1.807) is 0 Å². The molecule has 148 valence electrons. The van der Waals surface area contributed by atoms with Gasteiger partial charge in [-0.2, -0.15) is 0 Å². The number of rotatable bonds is 8. The molecule has 0 saturated carbocycles. The summed E-state index contributed by atoms with van der Waals surface area (Å²) in [6, 6.07) is 5.92. The smallest absolute Gasteiger partial charge is 0.264 e. The molecule has 0 radical (unpaired) electrons. The molecule has 26 heavy (non-hydrogen) atoms. The van der Waals surface area contributed by atoms with Crippen LogP contribution in [0.25, 0.3) is 0 Å². The summed E-state index contributed by atoms with van der Waals surface area (Å²) < 4.78 is 25.2. The number of sulfonamides is 1. The Morgan fingerprint density at radius 3 is 2.12 bits per heavy atom. The van der Waals surface area contributed by atoms with Crippen molar-refractivity contribution in [2.75, 3.05) is 14.2 Å². The van der Waals surface area contributed by atoms with E-state index in [0.717, 1.165) is 17.3 Å². The maximum absolute atomic E-state index is 12.6. The number of hydrogen-bond acceptors (Lipinski definition) is 4. The van der Waals surface area contributed by atoms with Gasteiger partial charge in [-0.3, -0.25) is 9.63 Å². The molecule has 1 aromatic carbocycles. The lowest BCUT2D eigenvalue weighted by molar-refractivity contribution is -0.0258. The molecule has 1 amide bonds. The molecule has 7 heteroatoms. The average molecular weight is 385 g/mol. The number of nitrogens with zero attached hydrogens (tertiary/aromatic N) is 1. The molecule has 1 N–H and O–H groups in total. The second-order valence-electron chi connectivity index (χ2n) is 7.98. The minimum absolute atomic E-state index is 0.0421. The van der Waals surface area contributed by atoms with E-state index >= 15 is 0 Å². The molecule has 0 aliphatic heterocycles. The quantitative estimate of drug-likeness (QED) is 0.697. The van der Waals surface area contributed by atoms with Crippen molar-refractivity contribution in [2.45, 2.75) is 58.4 Å². The van der Waals surface area contributed by atoms with Crippen LogP contribution < -0.4 is 5.32 Å². The molecule has 1 atom stereocenters. The van der Waals surface area contributed by atoms with Crippen LogP contribution in [-0.2, 0) is 14.9 Å². The number of carbonyl (C=O) groups excluding carboxylic acids is 1. The Balaban J connectivity index is 2.93. The molecule has 0 saturated heterocycles. The SMILES string of the molecule is CON(C)S(=O)(=O)c1ccc(C(=O)NC(CCC(C)C)C(C)(C)C)cc1. The van der Waals surface area contributed by atoms with Crippen molar-refractivity contribution in [3.63, 3.8) is 0 Å². The summed E-state index contributed by atoms with van der Waals surface area (Å²) in [5.74, 6) is 0.372. The van der Waals surface area contributed by atoms with Crippen molar-refractivity contribution in [1.29, 1.82) is 0 Å². The fourth-order valence-electron chi connectivity index (χ4n) is 2.49. The van der Waals surface area contributed by atoms with E-state index in [1.165, 1.54) is 38.4 Å². The topological polar surface area (TPSA) is 75.7 Å². The molecular weight excluding hydrogens is 352 g/mol. The van der Waals surface area contributed by atoms with Crippen LogP contribution in [0.2, 0.25) is 0 Å². The predicted octanol–water partition coefficient (Wildman–Crippen LogP) is 3.45. The third kappa shape index (κ3) is 6.07. The van der Waals surface area contributed by atoms with Crippen LogP contribution >= 0.6 is 0 Å². The van der Waals surface area contributed by atoms with Crippen LogP contribution in [0.1, 0.15) is 57.8 Å². The summed E-state index contributed by atoms with van der Waals surface area (Å²) in [5.41, 5.74) is 0.373. The molecular formula is C19H32N2O4S. The van der Waals surface area contributed by atoms with E-state index < -0.39 is 10.0 Å². The number of hydrogen-bond donors (Lipinski definition) is 1. The van der Waals surface area contributed by atoms with Gasteiger partial charge in [-0.15, -0.1) is 0 Å². The molecule has 0 fully saturated rings. The van der Waals surface area contributed by atoms with Crippen LogP contribution in [-0.4, -0.2) is 39.0 Å². The fraction of sp³-hybridized carbons (Fsp3) is 0.632. The normalized spacial score (nSPS) is 13.9. The van der Waals surface area contributed by atoms with Gasteiger partial charge in [0.25, 0.3) is 15.9 Å². The van der Waals surface area contributed by atoms with Crippen LogP contribution in [0.5, 0.6) is 0 Å². The van der Waals surface area contributed by atoms with E-state index in [1.807, 2.05) is 0 Å². The molecule has 0 spiro atoms. The van der Waals surface area contributed by atoms with Gasteiger partial charge >= 0.3 is 0 Å². The summed E-state index contributed by atoms with van der Waals surface area (Å²) in [6.07, 6.45) is 1.93. The van der Waals surface area contributed by atoms with Gasteiger partial charge in [-0.05, 0) is 48.4 Å². The lowest BCUT2D eigenvalue weighted by Crippen LogP contribution is -2.43. The third-order valence-electron chi connectivity index (χ3n) is 4.39. The first kappa shape index (κ1) is 22.6. The summed E-state index contributed by atoms with van der Waals surface area (Å²) in [6.45, 7) is 10.6. The predicted molar refractivity (Wildman–Crippen MR) is 103 cm³/mol. The van der Waals surface area contributed by atoms with Gasteiger partial charge in [0.1, 0.15) is 0 Å². The van der Waals surface area contributed by atoms with Gasteiger partial charge < -0.3 is 5.32 Å². The second-order valence-corrected chi connectivity index (χ2v) is 9.92. The van der Waals surface area contributed by atoms with E-state index in [4.69, 9.17) is 4.84 Å². The zero-order valence-corrected chi connectivity index (χ0v) is 17.7. The monoisotopic (exact) mass is 384 g/mol. The minimum atomic E-state index is -3.72. The van der Waals surface area contributed by atoms with Crippen molar-refractivity contribution in [2.24, 2.45) is 11.3 Å². The highest BCUT2D eigenvalue weighted by Crippen LogP contribution is 2.25. The molecule has 0 aromatic heterocycles. The van der Waals surface area contributed by atoms with E-state index in [-0.39, 0.29) is 22.3 Å². The average Bonchev–Trinajstić information content (AvgIpc) is 2.56. The van der Waals surface area contributed by atoms with E-state index in [2.05, 4.69) is 39.9 Å². The van der Waals surface area contributed by atoms with Crippen LogP contribution in [0.15, 0.2) is 29.2 Å². The number of nitrogens with one attached hydrogen (secondary N) is 1. The van der Waals surface area contributed by atoms with Crippen molar-refractivity contribution in [3.05, 3.63) is 29.8 Å². The van der Waals surface area contributed by atoms with Crippen molar-refractivity contribution >= 4 is 15.9 Å². The van der Waals surface area contributed by atoms with E-state index in [0.29, 0.717) is 11.5 Å². The first-order valence-corrected chi connectivity index (χ1v) is 10.3. The molecule has 1 unspecified atom stereocenters. The first-order valence-electron chi connectivity index (χ1n) is 8.83. The Labute approximate surface area is 157 Å². The molecule has 6 nitrogen and oxygen atoms in total. The van der Waals surface area contributed by atoms with Gasteiger partial charge in [0.05, 0.1) is 12.0 Å². The number of hydroxylamine groups is 1. The number of amides is 1. The maximum atomic E-state index is 12.6. The third-order valence-corrected chi connectivity index (χ3v) is 6.09. The maximum Gasteiger partial charge on any atom is 0.264 e. The van der Waals surface area contributed by atoms with Crippen molar-refractivity contribution < 1.29 is 18.0 Å². The van der Waals surface area contributed by atoms with Crippen LogP contribution in [0, 0.1) is 11.3 Å². The summed E-state index contributed by atoms with van der Waals surface area (Å²) in [4.78, 5) is 17.4.